The second-order valence-electron chi connectivity index (χ2n) is 5.23. The highest BCUT2D eigenvalue weighted by Crippen LogP contribution is 2.32. The smallest absolute Gasteiger partial charge is 0.310 e. The molecule has 2 aromatic rings. The molecular formula is C18H17NO5. The number of rotatable bonds is 5. The van der Waals surface area contributed by atoms with E-state index in [1.807, 2.05) is 30.3 Å². The zero-order valence-electron chi connectivity index (χ0n) is 13.0. The van der Waals surface area contributed by atoms with Crippen LogP contribution >= 0.6 is 0 Å². The zero-order valence-corrected chi connectivity index (χ0v) is 13.0. The average Bonchev–Trinajstić information content (AvgIpc) is 2.61. The molecular weight excluding hydrogens is 310 g/mol. The molecule has 1 N–H and O–H groups in total. The number of ether oxygens (including phenoxy) is 3. The fourth-order valence-corrected chi connectivity index (χ4v) is 2.28. The van der Waals surface area contributed by atoms with Gasteiger partial charge in [-0.2, -0.15) is 0 Å². The summed E-state index contributed by atoms with van der Waals surface area (Å²) >= 11 is 0. The Balaban J connectivity index is 1.48. The van der Waals surface area contributed by atoms with Crippen molar-refractivity contribution in [1.82, 2.24) is 0 Å². The average molecular weight is 327 g/mol. The van der Waals surface area contributed by atoms with Crippen molar-refractivity contribution < 1.29 is 23.8 Å². The number of amides is 1. The highest BCUT2D eigenvalue weighted by Gasteiger charge is 2.13. The van der Waals surface area contributed by atoms with E-state index < -0.39 is 11.9 Å². The fraction of sp³-hybridized carbons (Fsp3) is 0.222. The number of esters is 1. The van der Waals surface area contributed by atoms with E-state index in [0.717, 1.165) is 5.56 Å². The number of carbonyl (C=O) groups excluding carboxylic acids is 2. The Kier molecular flexibility index (Phi) is 4.96. The van der Waals surface area contributed by atoms with Crippen LogP contribution < -0.4 is 14.8 Å². The van der Waals surface area contributed by atoms with Gasteiger partial charge in [0.15, 0.2) is 18.1 Å². The molecule has 3 rings (SSSR count). The largest absolute Gasteiger partial charge is 0.486 e. The minimum atomic E-state index is -0.446. The predicted octanol–water partition coefficient (Wildman–Crippen LogP) is 2.18. The molecule has 0 unspecified atom stereocenters. The van der Waals surface area contributed by atoms with E-state index in [0.29, 0.717) is 30.4 Å². The van der Waals surface area contributed by atoms with Crippen molar-refractivity contribution in [2.75, 3.05) is 25.1 Å². The topological polar surface area (TPSA) is 73.9 Å². The molecule has 124 valence electrons. The summed E-state index contributed by atoms with van der Waals surface area (Å²) < 4.78 is 15.8. The summed E-state index contributed by atoms with van der Waals surface area (Å²) in [5.41, 5.74) is 1.40. The molecule has 6 nitrogen and oxygen atoms in total. The predicted molar refractivity (Wildman–Crippen MR) is 87.2 cm³/mol. The van der Waals surface area contributed by atoms with E-state index in [2.05, 4.69) is 5.32 Å². The molecule has 6 heteroatoms. The molecule has 0 aromatic heterocycles. The summed E-state index contributed by atoms with van der Waals surface area (Å²) in [6.07, 6.45) is 0.137. The van der Waals surface area contributed by atoms with Crippen molar-refractivity contribution in [3.05, 3.63) is 54.1 Å². The minimum absolute atomic E-state index is 0.137. The molecule has 0 bridgehead atoms. The van der Waals surface area contributed by atoms with Gasteiger partial charge in [-0.3, -0.25) is 9.59 Å². The minimum Gasteiger partial charge on any atom is -0.486 e. The number of anilines is 1. The molecule has 2 aromatic carbocycles. The Bertz CT molecular complexity index is 729. The lowest BCUT2D eigenvalue weighted by atomic mass is 10.2. The van der Waals surface area contributed by atoms with Gasteiger partial charge in [0.1, 0.15) is 13.2 Å². The Labute approximate surface area is 139 Å². The molecule has 1 heterocycles. The summed E-state index contributed by atoms with van der Waals surface area (Å²) in [5.74, 6) is 0.375. The van der Waals surface area contributed by atoms with Gasteiger partial charge in [0.05, 0.1) is 6.42 Å². The van der Waals surface area contributed by atoms with Gasteiger partial charge in [0.2, 0.25) is 0 Å². The van der Waals surface area contributed by atoms with E-state index in [4.69, 9.17) is 14.2 Å². The summed E-state index contributed by atoms with van der Waals surface area (Å²) in [5, 5.41) is 2.66. The second-order valence-corrected chi connectivity index (χ2v) is 5.23. The van der Waals surface area contributed by atoms with Crippen LogP contribution in [0.2, 0.25) is 0 Å². The first-order chi connectivity index (χ1) is 11.7. The van der Waals surface area contributed by atoms with E-state index >= 15 is 0 Å². The highest BCUT2D eigenvalue weighted by molar-refractivity contribution is 5.93. The van der Waals surface area contributed by atoms with Crippen LogP contribution in [-0.4, -0.2) is 31.7 Å². The quantitative estimate of drug-likeness (QED) is 0.852. The van der Waals surface area contributed by atoms with Crippen molar-refractivity contribution in [2.45, 2.75) is 6.42 Å². The Morgan fingerprint density at radius 1 is 1.00 bits per heavy atom. The van der Waals surface area contributed by atoms with Crippen LogP contribution in [0.3, 0.4) is 0 Å². The maximum atomic E-state index is 11.9. The van der Waals surface area contributed by atoms with Crippen LogP contribution in [0.4, 0.5) is 5.69 Å². The summed E-state index contributed by atoms with van der Waals surface area (Å²) in [6, 6.07) is 14.3. The van der Waals surface area contributed by atoms with Crippen LogP contribution in [0.5, 0.6) is 11.5 Å². The van der Waals surface area contributed by atoms with E-state index in [1.165, 1.54) is 0 Å². The lowest BCUT2D eigenvalue weighted by molar-refractivity contribution is -0.146. The summed E-state index contributed by atoms with van der Waals surface area (Å²) in [7, 11) is 0. The van der Waals surface area contributed by atoms with Crippen LogP contribution in [0.25, 0.3) is 0 Å². The van der Waals surface area contributed by atoms with Gasteiger partial charge in [-0.25, -0.2) is 0 Å². The first-order valence-electron chi connectivity index (χ1n) is 7.60. The third-order valence-electron chi connectivity index (χ3n) is 3.38. The standard InChI is InChI=1S/C18H17NO5/c20-17(12-24-18(21)10-13-4-2-1-3-5-13)19-14-6-7-15-16(11-14)23-9-8-22-15/h1-7,11H,8-10,12H2,(H,19,20). The van der Waals surface area contributed by atoms with Crippen molar-refractivity contribution in [3.63, 3.8) is 0 Å². The molecule has 0 fully saturated rings. The lowest BCUT2D eigenvalue weighted by Gasteiger charge is -2.19. The third-order valence-corrected chi connectivity index (χ3v) is 3.38. The van der Waals surface area contributed by atoms with Gasteiger partial charge in [-0.1, -0.05) is 30.3 Å². The monoisotopic (exact) mass is 327 g/mol. The third kappa shape index (κ3) is 4.25. The number of hydrogen-bond acceptors (Lipinski definition) is 5. The Hall–Kier alpha value is -3.02. The number of carbonyl (C=O) groups is 2. The molecule has 0 radical (unpaired) electrons. The van der Waals surface area contributed by atoms with E-state index in [-0.39, 0.29) is 13.0 Å². The van der Waals surface area contributed by atoms with Crippen LogP contribution in [-0.2, 0) is 20.7 Å². The molecule has 24 heavy (non-hydrogen) atoms. The van der Waals surface area contributed by atoms with Crippen molar-refractivity contribution in [2.24, 2.45) is 0 Å². The molecule has 1 amide bonds. The number of hydrogen-bond donors (Lipinski definition) is 1. The molecule has 1 aliphatic heterocycles. The number of benzene rings is 2. The SMILES string of the molecule is O=C(COC(=O)Cc1ccccc1)Nc1ccc2c(c1)OCCO2. The normalized spacial score (nSPS) is 12.3. The van der Waals surface area contributed by atoms with Gasteiger partial charge >= 0.3 is 5.97 Å². The van der Waals surface area contributed by atoms with Crippen molar-refractivity contribution >= 4 is 17.6 Å². The highest BCUT2D eigenvalue weighted by atomic mass is 16.6. The van der Waals surface area contributed by atoms with Gasteiger partial charge < -0.3 is 19.5 Å². The fourth-order valence-electron chi connectivity index (χ4n) is 2.28. The first kappa shape index (κ1) is 15.9. The van der Waals surface area contributed by atoms with Crippen LogP contribution in [0.15, 0.2) is 48.5 Å². The van der Waals surface area contributed by atoms with Crippen molar-refractivity contribution in [1.29, 1.82) is 0 Å². The van der Waals surface area contributed by atoms with E-state index in [1.54, 1.807) is 18.2 Å². The molecule has 0 saturated carbocycles. The molecule has 1 aliphatic rings. The van der Waals surface area contributed by atoms with Crippen molar-refractivity contribution in [3.8, 4) is 11.5 Å². The maximum absolute atomic E-state index is 11.9. The Morgan fingerprint density at radius 2 is 1.75 bits per heavy atom. The van der Waals surface area contributed by atoms with Gasteiger partial charge in [0.25, 0.3) is 5.91 Å². The number of fused-ring (bicyclic) bond motifs is 1. The van der Waals surface area contributed by atoms with Gasteiger partial charge in [-0.05, 0) is 17.7 Å². The first-order valence-corrected chi connectivity index (χ1v) is 7.60. The summed E-state index contributed by atoms with van der Waals surface area (Å²) in [6.45, 7) is 0.650. The maximum Gasteiger partial charge on any atom is 0.310 e. The van der Waals surface area contributed by atoms with Gasteiger partial charge in [-0.15, -0.1) is 0 Å². The molecule has 0 atom stereocenters. The van der Waals surface area contributed by atoms with E-state index in [9.17, 15) is 9.59 Å². The second kappa shape index (κ2) is 7.50. The van der Waals surface area contributed by atoms with Gasteiger partial charge in [0, 0.05) is 11.8 Å². The van der Waals surface area contributed by atoms with Crippen LogP contribution in [0.1, 0.15) is 5.56 Å². The molecule has 0 aliphatic carbocycles. The molecule has 0 saturated heterocycles. The van der Waals surface area contributed by atoms with Crippen LogP contribution in [0, 0.1) is 0 Å². The molecule has 0 spiro atoms. The zero-order chi connectivity index (χ0) is 16.8. The summed E-state index contributed by atoms with van der Waals surface area (Å²) in [4.78, 5) is 23.6. The number of nitrogens with one attached hydrogen (secondary N) is 1. The lowest BCUT2D eigenvalue weighted by Crippen LogP contribution is -2.22. The Morgan fingerprint density at radius 3 is 2.54 bits per heavy atom.